The maximum atomic E-state index is 13.3. The number of fused-ring (bicyclic) bond motifs is 1. The summed E-state index contributed by atoms with van der Waals surface area (Å²) < 4.78 is 7.28. The zero-order valence-corrected chi connectivity index (χ0v) is 17.9. The van der Waals surface area contributed by atoms with Gasteiger partial charge >= 0.3 is 6.09 Å². The first-order valence-corrected chi connectivity index (χ1v) is 10.7. The summed E-state index contributed by atoms with van der Waals surface area (Å²) in [5, 5.41) is 8.55. The van der Waals surface area contributed by atoms with E-state index in [1.807, 2.05) is 25.5 Å². The smallest absolute Gasteiger partial charge is 0.410 e. The minimum atomic E-state index is -0.327. The van der Waals surface area contributed by atoms with Gasteiger partial charge in [0.2, 0.25) is 5.82 Å². The third-order valence-electron chi connectivity index (χ3n) is 6.59. The summed E-state index contributed by atoms with van der Waals surface area (Å²) in [5.41, 5.74) is -0.327. The summed E-state index contributed by atoms with van der Waals surface area (Å²) in [4.78, 5) is 31.4. The third-order valence-corrected chi connectivity index (χ3v) is 6.59. The SMILES string of the molecule is CC(C)OC(=O)N1CCC(C)(N(C)C(=O)c2nnc3n2CCN(C2CC2)C3)CC1. The lowest BCUT2D eigenvalue weighted by molar-refractivity contribution is 0.0266. The molecule has 9 heteroatoms. The van der Waals surface area contributed by atoms with Crippen LogP contribution in [0.15, 0.2) is 0 Å². The average molecular weight is 405 g/mol. The Kier molecular flexibility index (Phi) is 5.27. The summed E-state index contributed by atoms with van der Waals surface area (Å²) >= 11 is 0. The van der Waals surface area contributed by atoms with Crippen LogP contribution in [0.4, 0.5) is 4.79 Å². The second-order valence-electron chi connectivity index (χ2n) is 9.07. The molecule has 9 nitrogen and oxygen atoms in total. The van der Waals surface area contributed by atoms with Crippen molar-refractivity contribution in [2.75, 3.05) is 26.7 Å². The molecule has 0 radical (unpaired) electrons. The van der Waals surface area contributed by atoms with Crippen LogP contribution in [0.5, 0.6) is 0 Å². The van der Waals surface area contributed by atoms with E-state index in [4.69, 9.17) is 4.74 Å². The predicted molar refractivity (Wildman–Crippen MR) is 106 cm³/mol. The maximum absolute atomic E-state index is 13.3. The number of nitrogens with zero attached hydrogens (tertiary/aromatic N) is 6. The Morgan fingerprint density at radius 2 is 1.83 bits per heavy atom. The number of likely N-dealkylation sites (tertiary alicyclic amines) is 1. The molecule has 1 aromatic rings. The van der Waals surface area contributed by atoms with Gasteiger partial charge in [-0.05, 0) is 46.5 Å². The summed E-state index contributed by atoms with van der Waals surface area (Å²) in [6, 6.07) is 0.689. The summed E-state index contributed by atoms with van der Waals surface area (Å²) in [7, 11) is 1.84. The Morgan fingerprint density at radius 3 is 2.45 bits per heavy atom. The van der Waals surface area contributed by atoms with E-state index in [0.717, 1.165) is 25.5 Å². The lowest BCUT2D eigenvalue weighted by atomic mass is 9.88. The lowest BCUT2D eigenvalue weighted by Crippen LogP contribution is -2.55. The van der Waals surface area contributed by atoms with Crippen molar-refractivity contribution in [3.63, 3.8) is 0 Å². The molecule has 3 heterocycles. The molecule has 4 rings (SSSR count). The van der Waals surface area contributed by atoms with Crippen molar-refractivity contribution in [1.29, 1.82) is 0 Å². The molecule has 1 aliphatic carbocycles. The standard InChI is InChI=1S/C20H32N6O3/c1-14(2)29-19(28)24-9-7-20(3,8-10-24)23(4)18(27)17-22-21-16-13-25(15-5-6-15)11-12-26(16)17/h14-15H,5-13H2,1-4H3. The van der Waals surface area contributed by atoms with Crippen LogP contribution in [0.2, 0.25) is 0 Å². The minimum Gasteiger partial charge on any atom is -0.447 e. The quantitative estimate of drug-likeness (QED) is 0.760. The molecule has 0 N–H and O–H groups in total. The van der Waals surface area contributed by atoms with Crippen molar-refractivity contribution in [3.05, 3.63) is 11.6 Å². The van der Waals surface area contributed by atoms with Crippen molar-refractivity contribution >= 4 is 12.0 Å². The van der Waals surface area contributed by atoms with Gasteiger partial charge in [-0.3, -0.25) is 9.69 Å². The average Bonchev–Trinajstić information content (AvgIpc) is 3.46. The van der Waals surface area contributed by atoms with Gasteiger partial charge in [0, 0.05) is 44.8 Å². The molecule has 3 aliphatic rings. The van der Waals surface area contributed by atoms with Gasteiger partial charge in [-0.1, -0.05) is 0 Å². The molecule has 0 atom stereocenters. The Bertz CT molecular complexity index is 779. The molecule has 2 fully saturated rings. The van der Waals surface area contributed by atoms with Gasteiger partial charge in [0.15, 0.2) is 0 Å². The highest BCUT2D eigenvalue weighted by Crippen LogP contribution is 2.31. The number of piperidine rings is 1. The Balaban J connectivity index is 1.40. The fourth-order valence-electron chi connectivity index (χ4n) is 4.26. The fraction of sp³-hybridized carbons (Fsp3) is 0.800. The number of aromatic nitrogens is 3. The molecule has 160 valence electrons. The number of carbonyl (C=O) groups is 2. The monoisotopic (exact) mass is 404 g/mol. The molecule has 0 unspecified atom stereocenters. The number of hydrogen-bond donors (Lipinski definition) is 0. The molecule has 1 saturated heterocycles. The van der Waals surface area contributed by atoms with Crippen molar-refractivity contribution in [2.24, 2.45) is 0 Å². The van der Waals surface area contributed by atoms with Gasteiger partial charge in [-0.25, -0.2) is 4.79 Å². The summed E-state index contributed by atoms with van der Waals surface area (Å²) in [5.74, 6) is 1.22. The number of ether oxygens (including phenoxy) is 1. The van der Waals surface area contributed by atoms with Gasteiger partial charge in [-0.2, -0.15) is 0 Å². The largest absolute Gasteiger partial charge is 0.447 e. The van der Waals surface area contributed by atoms with E-state index < -0.39 is 0 Å². The van der Waals surface area contributed by atoms with Crippen LogP contribution < -0.4 is 0 Å². The molecule has 1 aromatic heterocycles. The van der Waals surface area contributed by atoms with Crippen molar-refractivity contribution < 1.29 is 14.3 Å². The van der Waals surface area contributed by atoms with Gasteiger partial charge < -0.3 is 19.1 Å². The van der Waals surface area contributed by atoms with Crippen LogP contribution >= 0.6 is 0 Å². The molecule has 0 bridgehead atoms. The van der Waals surface area contributed by atoms with E-state index in [1.54, 1.807) is 9.80 Å². The van der Waals surface area contributed by atoms with Crippen molar-refractivity contribution in [3.8, 4) is 0 Å². The van der Waals surface area contributed by atoms with Crippen LogP contribution in [0.3, 0.4) is 0 Å². The molecule has 2 aliphatic heterocycles. The van der Waals surface area contributed by atoms with Crippen LogP contribution in [-0.2, 0) is 17.8 Å². The summed E-state index contributed by atoms with van der Waals surface area (Å²) in [6.07, 6.45) is 3.54. The van der Waals surface area contributed by atoms with Crippen LogP contribution in [0.1, 0.15) is 62.9 Å². The number of hydrogen-bond acceptors (Lipinski definition) is 6. The topological polar surface area (TPSA) is 83.8 Å². The highest BCUT2D eigenvalue weighted by Gasteiger charge is 2.40. The number of rotatable bonds is 4. The first-order valence-electron chi connectivity index (χ1n) is 10.7. The summed E-state index contributed by atoms with van der Waals surface area (Å²) in [6.45, 7) is 9.42. The number of carbonyl (C=O) groups excluding carboxylic acids is 2. The van der Waals surface area contributed by atoms with Gasteiger partial charge in [0.25, 0.3) is 5.91 Å². The highest BCUT2D eigenvalue weighted by atomic mass is 16.6. The highest BCUT2D eigenvalue weighted by molar-refractivity contribution is 5.91. The predicted octanol–water partition coefficient (Wildman–Crippen LogP) is 1.73. The molecule has 2 amide bonds. The third kappa shape index (κ3) is 3.97. The van der Waals surface area contributed by atoms with Crippen LogP contribution in [0, 0.1) is 0 Å². The maximum Gasteiger partial charge on any atom is 0.410 e. The van der Waals surface area contributed by atoms with Crippen molar-refractivity contribution in [2.45, 2.75) is 77.2 Å². The van der Waals surface area contributed by atoms with Crippen LogP contribution in [0.25, 0.3) is 0 Å². The molecule has 0 spiro atoms. The second-order valence-corrected chi connectivity index (χ2v) is 9.07. The Labute approximate surface area is 172 Å². The van der Waals surface area contributed by atoms with Crippen molar-refractivity contribution in [1.82, 2.24) is 29.5 Å². The van der Waals surface area contributed by atoms with E-state index in [0.29, 0.717) is 37.8 Å². The van der Waals surface area contributed by atoms with Gasteiger partial charge in [0.1, 0.15) is 5.82 Å². The van der Waals surface area contributed by atoms with Gasteiger partial charge in [-0.15, -0.1) is 10.2 Å². The minimum absolute atomic E-state index is 0.0932. The van der Waals surface area contributed by atoms with E-state index >= 15 is 0 Å². The molecule has 1 saturated carbocycles. The first kappa shape index (κ1) is 20.1. The zero-order chi connectivity index (χ0) is 20.8. The zero-order valence-electron chi connectivity index (χ0n) is 17.9. The molecule has 0 aromatic carbocycles. The normalized spacial score (nSPS) is 21.8. The van der Waals surface area contributed by atoms with Crippen LogP contribution in [-0.4, -0.2) is 85.8 Å². The molecular formula is C20H32N6O3. The van der Waals surface area contributed by atoms with E-state index in [-0.39, 0.29) is 23.6 Å². The van der Waals surface area contributed by atoms with E-state index in [1.165, 1.54) is 12.8 Å². The molecule has 29 heavy (non-hydrogen) atoms. The first-order chi connectivity index (χ1) is 13.8. The lowest BCUT2D eigenvalue weighted by Gasteiger charge is -2.44. The second kappa shape index (κ2) is 7.59. The van der Waals surface area contributed by atoms with E-state index in [2.05, 4.69) is 22.0 Å². The van der Waals surface area contributed by atoms with E-state index in [9.17, 15) is 9.59 Å². The Hall–Kier alpha value is -2.16. The Morgan fingerprint density at radius 1 is 1.14 bits per heavy atom. The molecular weight excluding hydrogens is 372 g/mol. The van der Waals surface area contributed by atoms with Gasteiger partial charge in [0.05, 0.1) is 12.6 Å². The number of amides is 2. The fourth-order valence-corrected chi connectivity index (χ4v) is 4.26.